The molecule has 3 nitrogen and oxygen atoms in total. The minimum Gasteiger partial charge on any atom is -0.368 e. The predicted octanol–water partition coefficient (Wildman–Crippen LogP) is 3.46. The highest BCUT2D eigenvalue weighted by Crippen LogP contribution is 2.29. The van der Waals surface area contributed by atoms with E-state index in [1.54, 1.807) is 19.1 Å². The summed E-state index contributed by atoms with van der Waals surface area (Å²) in [5, 5.41) is 3.85. The summed E-state index contributed by atoms with van der Waals surface area (Å²) in [5.41, 5.74) is 7.31. The molecule has 20 heavy (non-hydrogen) atoms. The van der Waals surface area contributed by atoms with Gasteiger partial charge in [-0.1, -0.05) is 35.9 Å². The second-order valence-electron chi connectivity index (χ2n) is 4.94. The van der Waals surface area contributed by atoms with Crippen LogP contribution in [-0.2, 0) is 10.3 Å². The number of hydrogen-bond donors (Lipinski definition) is 2. The summed E-state index contributed by atoms with van der Waals surface area (Å²) in [6.07, 6.45) is 0. The molecule has 0 spiro atoms. The van der Waals surface area contributed by atoms with Gasteiger partial charge in [-0.25, -0.2) is 0 Å². The highest BCUT2D eigenvalue weighted by molar-refractivity contribution is 6.30. The Morgan fingerprint density at radius 1 is 1.15 bits per heavy atom. The summed E-state index contributed by atoms with van der Waals surface area (Å²) >= 11 is 5.87. The van der Waals surface area contributed by atoms with Gasteiger partial charge in [-0.15, -0.1) is 0 Å². The van der Waals surface area contributed by atoms with Crippen LogP contribution in [0.5, 0.6) is 0 Å². The van der Waals surface area contributed by atoms with Gasteiger partial charge in [0, 0.05) is 10.7 Å². The number of anilines is 1. The zero-order valence-electron chi connectivity index (χ0n) is 11.5. The lowest BCUT2D eigenvalue weighted by molar-refractivity contribution is -0.122. The molecular weight excluding hydrogens is 272 g/mol. The van der Waals surface area contributed by atoms with Crippen LogP contribution >= 0.6 is 11.6 Å². The molecule has 3 N–H and O–H groups in total. The summed E-state index contributed by atoms with van der Waals surface area (Å²) in [6, 6.07) is 14.9. The van der Waals surface area contributed by atoms with E-state index in [9.17, 15) is 4.79 Å². The van der Waals surface area contributed by atoms with Crippen molar-refractivity contribution in [2.75, 3.05) is 5.32 Å². The van der Waals surface area contributed by atoms with Crippen LogP contribution in [0.4, 0.5) is 5.69 Å². The molecule has 0 aliphatic heterocycles. The van der Waals surface area contributed by atoms with Gasteiger partial charge < -0.3 is 11.1 Å². The van der Waals surface area contributed by atoms with E-state index in [-0.39, 0.29) is 0 Å². The molecule has 2 aromatic carbocycles. The summed E-state index contributed by atoms with van der Waals surface area (Å²) in [6.45, 7) is 3.74. The molecule has 0 aliphatic rings. The van der Waals surface area contributed by atoms with E-state index in [0.717, 1.165) is 16.8 Å². The molecule has 0 bridgehead atoms. The van der Waals surface area contributed by atoms with Crippen molar-refractivity contribution < 1.29 is 4.79 Å². The number of carbonyl (C=O) groups is 1. The van der Waals surface area contributed by atoms with E-state index in [1.807, 2.05) is 43.3 Å². The van der Waals surface area contributed by atoms with Gasteiger partial charge in [0.05, 0.1) is 0 Å². The van der Waals surface area contributed by atoms with Gasteiger partial charge in [-0.05, 0) is 49.2 Å². The Hall–Kier alpha value is -2.00. The third kappa shape index (κ3) is 2.78. The first-order valence-electron chi connectivity index (χ1n) is 6.33. The minimum absolute atomic E-state index is 0.429. The number of amides is 1. The number of primary amides is 1. The zero-order chi connectivity index (χ0) is 14.8. The molecule has 2 aromatic rings. The van der Waals surface area contributed by atoms with E-state index in [0.29, 0.717) is 5.02 Å². The Morgan fingerprint density at radius 2 is 1.75 bits per heavy atom. The average Bonchev–Trinajstić information content (AvgIpc) is 2.41. The van der Waals surface area contributed by atoms with Crippen LogP contribution in [0.3, 0.4) is 0 Å². The molecule has 104 valence electrons. The second-order valence-corrected chi connectivity index (χ2v) is 5.37. The maximum absolute atomic E-state index is 12.0. The molecule has 0 radical (unpaired) electrons. The first kappa shape index (κ1) is 14.4. The third-order valence-electron chi connectivity index (χ3n) is 3.42. The van der Waals surface area contributed by atoms with Crippen LogP contribution in [0.2, 0.25) is 5.02 Å². The number of nitrogens with two attached hydrogens (primary N) is 1. The smallest absolute Gasteiger partial charge is 0.247 e. The van der Waals surface area contributed by atoms with E-state index in [1.165, 1.54) is 0 Å². The number of benzene rings is 2. The van der Waals surface area contributed by atoms with E-state index >= 15 is 0 Å². The summed E-state index contributed by atoms with van der Waals surface area (Å²) in [4.78, 5) is 12.0. The monoisotopic (exact) mass is 288 g/mol. The van der Waals surface area contributed by atoms with Crippen LogP contribution in [-0.4, -0.2) is 5.91 Å². The lowest BCUT2D eigenvalue weighted by Gasteiger charge is -2.30. The van der Waals surface area contributed by atoms with Crippen molar-refractivity contribution in [2.45, 2.75) is 19.4 Å². The number of hydrogen-bond acceptors (Lipinski definition) is 2. The topological polar surface area (TPSA) is 55.1 Å². The maximum atomic E-state index is 12.0. The van der Waals surface area contributed by atoms with Gasteiger partial charge in [-0.3, -0.25) is 4.79 Å². The van der Waals surface area contributed by atoms with Crippen LogP contribution < -0.4 is 11.1 Å². The molecule has 2 rings (SSSR count). The second kappa shape index (κ2) is 5.55. The van der Waals surface area contributed by atoms with Crippen molar-refractivity contribution in [2.24, 2.45) is 5.73 Å². The fourth-order valence-electron chi connectivity index (χ4n) is 2.22. The Balaban J connectivity index is 2.43. The molecule has 1 amide bonds. The van der Waals surface area contributed by atoms with Crippen molar-refractivity contribution in [3.8, 4) is 0 Å². The first-order valence-corrected chi connectivity index (χ1v) is 6.71. The highest BCUT2D eigenvalue weighted by atomic mass is 35.5. The number of nitrogens with one attached hydrogen (secondary N) is 1. The fourth-order valence-corrected chi connectivity index (χ4v) is 2.34. The number of halogens is 1. The van der Waals surface area contributed by atoms with Crippen LogP contribution in [0, 0.1) is 6.92 Å². The van der Waals surface area contributed by atoms with E-state index in [4.69, 9.17) is 17.3 Å². The summed E-state index contributed by atoms with van der Waals surface area (Å²) < 4.78 is 0. The highest BCUT2D eigenvalue weighted by Gasteiger charge is 2.34. The standard InChI is InChI=1S/C16H17ClN2O/c1-11-5-3-4-6-14(11)16(2,15(18)20)19-13-9-7-12(17)8-10-13/h3-10,19H,1-2H3,(H2,18,20). The van der Waals surface area contributed by atoms with Crippen molar-refractivity contribution in [1.29, 1.82) is 0 Å². The molecular formula is C16H17ClN2O. The van der Waals surface area contributed by atoms with Crippen molar-refractivity contribution in [3.63, 3.8) is 0 Å². The van der Waals surface area contributed by atoms with Gasteiger partial charge >= 0.3 is 0 Å². The fraction of sp³-hybridized carbons (Fsp3) is 0.188. The number of aryl methyl sites for hydroxylation is 1. The Bertz CT molecular complexity index is 625. The molecule has 4 heteroatoms. The average molecular weight is 289 g/mol. The lowest BCUT2D eigenvalue weighted by Crippen LogP contribution is -2.45. The predicted molar refractivity (Wildman–Crippen MR) is 82.8 cm³/mol. The third-order valence-corrected chi connectivity index (χ3v) is 3.67. The molecule has 0 aliphatic carbocycles. The Morgan fingerprint density at radius 3 is 2.30 bits per heavy atom. The molecule has 0 saturated carbocycles. The Labute approximate surface area is 123 Å². The largest absolute Gasteiger partial charge is 0.368 e. The van der Waals surface area contributed by atoms with Crippen LogP contribution in [0.25, 0.3) is 0 Å². The van der Waals surface area contributed by atoms with E-state index < -0.39 is 11.4 Å². The van der Waals surface area contributed by atoms with Gasteiger partial charge in [-0.2, -0.15) is 0 Å². The quantitative estimate of drug-likeness (QED) is 0.905. The molecule has 1 atom stereocenters. The molecule has 0 heterocycles. The molecule has 1 unspecified atom stereocenters. The van der Waals surface area contributed by atoms with Crippen molar-refractivity contribution in [3.05, 3.63) is 64.7 Å². The number of carbonyl (C=O) groups excluding carboxylic acids is 1. The van der Waals surface area contributed by atoms with Crippen molar-refractivity contribution in [1.82, 2.24) is 0 Å². The maximum Gasteiger partial charge on any atom is 0.247 e. The van der Waals surface area contributed by atoms with Gasteiger partial charge in [0.15, 0.2) is 0 Å². The van der Waals surface area contributed by atoms with Crippen molar-refractivity contribution >= 4 is 23.2 Å². The molecule has 0 aromatic heterocycles. The van der Waals surface area contributed by atoms with Gasteiger partial charge in [0.1, 0.15) is 5.54 Å². The zero-order valence-corrected chi connectivity index (χ0v) is 12.2. The van der Waals surface area contributed by atoms with Gasteiger partial charge in [0.2, 0.25) is 5.91 Å². The van der Waals surface area contributed by atoms with Gasteiger partial charge in [0.25, 0.3) is 0 Å². The summed E-state index contributed by atoms with van der Waals surface area (Å²) in [7, 11) is 0. The van der Waals surface area contributed by atoms with E-state index in [2.05, 4.69) is 5.32 Å². The SMILES string of the molecule is Cc1ccccc1C(C)(Nc1ccc(Cl)cc1)C(N)=O. The summed E-state index contributed by atoms with van der Waals surface area (Å²) in [5.74, 6) is -0.429. The first-order chi connectivity index (χ1) is 9.43. The lowest BCUT2D eigenvalue weighted by atomic mass is 9.87. The molecule has 0 saturated heterocycles. The normalized spacial score (nSPS) is 13.6. The minimum atomic E-state index is -0.973. The van der Waals surface area contributed by atoms with Crippen LogP contribution in [0.15, 0.2) is 48.5 Å². The van der Waals surface area contributed by atoms with Crippen LogP contribution in [0.1, 0.15) is 18.1 Å². The molecule has 0 fully saturated rings. The Kier molecular flexibility index (Phi) is 4.00. The number of rotatable bonds is 4.